The zero-order valence-corrected chi connectivity index (χ0v) is 13.5. The van der Waals surface area contributed by atoms with Crippen LogP contribution in [0.1, 0.15) is 26.7 Å². The number of carbonyl (C=O) groups is 1. The molecule has 1 aliphatic rings. The van der Waals surface area contributed by atoms with Crippen LogP contribution in [0.2, 0.25) is 0 Å². The van der Waals surface area contributed by atoms with Crippen LogP contribution in [0.15, 0.2) is 15.4 Å². The molecule has 1 saturated heterocycles. The first-order chi connectivity index (χ1) is 9.39. The van der Waals surface area contributed by atoms with Crippen LogP contribution in [0, 0.1) is 0 Å². The molecule has 0 aliphatic carbocycles. The number of sulfonamides is 1. The summed E-state index contributed by atoms with van der Waals surface area (Å²) in [6.07, 6.45) is 4.68. The van der Waals surface area contributed by atoms with Crippen LogP contribution in [0.5, 0.6) is 0 Å². The van der Waals surface area contributed by atoms with Crippen molar-refractivity contribution >= 4 is 34.8 Å². The fourth-order valence-corrected chi connectivity index (χ4v) is 3.28. The lowest BCUT2D eigenvalue weighted by Gasteiger charge is -2.33. The Labute approximate surface area is 126 Å². The molecule has 8 heteroatoms. The van der Waals surface area contributed by atoms with Gasteiger partial charge in [0.25, 0.3) is 10.0 Å². The number of hydrogen-bond acceptors (Lipinski definition) is 5. The van der Waals surface area contributed by atoms with E-state index >= 15 is 0 Å². The van der Waals surface area contributed by atoms with Crippen molar-refractivity contribution in [3.05, 3.63) is 10.4 Å². The first-order valence-electron chi connectivity index (χ1n) is 6.56. The molecule has 0 atom stereocenters. The largest absolute Gasteiger partial charge is 0.340 e. The first kappa shape index (κ1) is 17.2. The van der Waals surface area contributed by atoms with Crippen molar-refractivity contribution in [3.63, 3.8) is 0 Å². The van der Waals surface area contributed by atoms with Gasteiger partial charge in [-0.1, -0.05) is 13.3 Å². The third-order valence-electron chi connectivity index (χ3n) is 3.00. The van der Waals surface area contributed by atoms with Crippen molar-refractivity contribution in [2.24, 2.45) is 4.99 Å². The average Bonchev–Trinajstić information content (AvgIpc) is 2.43. The summed E-state index contributed by atoms with van der Waals surface area (Å²) in [6, 6.07) is 0. The minimum absolute atomic E-state index is 0.0344. The van der Waals surface area contributed by atoms with Crippen molar-refractivity contribution < 1.29 is 13.2 Å². The predicted molar refractivity (Wildman–Crippen MR) is 83.2 cm³/mol. The van der Waals surface area contributed by atoms with Crippen molar-refractivity contribution in [2.75, 3.05) is 26.2 Å². The van der Waals surface area contributed by atoms with Gasteiger partial charge >= 0.3 is 0 Å². The van der Waals surface area contributed by atoms with Crippen molar-refractivity contribution in [3.8, 4) is 0 Å². The molecule has 1 fully saturated rings. The lowest BCUT2D eigenvalue weighted by atomic mass is 10.3. The Morgan fingerprint density at radius 3 is 2.40 bits per heavy atom. The molecule has 0 aromatic rings. The average molecular weight is 319 g/mol. The van der Waals surface area contributed by atoms with Crippen LogP contribution < -0.4 is 0 Å². The van der Waals surface area contributed by atoms with E-state index < -0.39 is 10.0 Å². The molecule has 0 bridgehead atoms. The number of nitrogens with zero attached hydrogens (tertiary/aromatic N) is 3. The third kappa shape index (κ3) is 4.60. The number of thiol groups is 1. The highest BCUT2D eigenvalue weighted by atomic mass is 32.3. The van der Waals surface area contributed by atoms with Crippen molar-refractivity contribution in [1.29, 1.82) is 0 Å². The maximum Gasteiger partial charge on any atom is 0.250 e. The van der Waals surface area contributed by atoms with Crippen LogP contribution in [0.4, 0.5) is 0 Å². The molecule has 0 aromatic carbocycles. The number of unbranched alkanes of at least 4 members (excludes halogenated alkanes) is 1. The van der Waals surface area contributed by atoms with Crippen LogP contribution in [-0.2, 0) is 14.8 Å². The fourth-order valence-electron chi connectivity index (χ4n) is 1.76. The highest BCUT2D eigenvalue weighted by Gasteiger charge is 2.29. The second-order valence-corrected chi connectivity index (χ2v) is 7.19. The van der Waals surface area contributed by atoms with Crippen LogP contribution in [0.3, 0.4) is 0 Å². The molecule has 0 radical (unpaired) electrons. The van der Waals surface area contributed by atoms with E-state index in [4.69, 9.17) is 0 Å². The van der Waals surface area contributed by atoms with Gasteiger partial charge in [0.15, 0.2) is 0 Å². The van der Waals surface area contributed by atoms with E-state index in [-0.39, 0.29) is 10.1 Å². The summed E-state index contributed by atoms with van der Waals surface area (Å²) in [5, 5.41) is 0. The van der Waals surface area contributed by atoms with Gasteiger partial charge in [-0.2, -0.15) is 4.31 Å². The maximum atomic E-state index is 12.2. The smallest absolute Gasteiger partial charge is 0.250 e. The monoisotopic (exact) mass is 319 g/mol. The summed E-state index contributed by atoms with van der Waals surface area (Å²) in [5.41, 5.74) is 0. The molecule has 0 saturated carbocycles. The second-order valence-electron chi connectivity index (χ2n) is 4.50. The SMILES string of the molecule is CCCC=N/C=C(\S)S(=O)(=O)N1CCN(C(C)=O)CC1. The molecule has 0 aromatic heterocycles. The van der Waals surface area contributed by atoms with E-state index in [1.54, 1.807) is 11.1 Å². The number of piperazine rings is 1. The summed E-state index contributed by atoms with van der Waals surface area (Å²) in [5.74, 6) is -0.0344. The Balaban J connectivity index is 2.68. The fraction of sp³-hybridized carbons (Fsp3) is 0.667. The van der Waals surface area contributed by atoms with Crippen LogP contribution >= 0.6 is 12.6 Å². The Morgan fingerprint density at radius 2 is 1.90 bits per heavy atom. The Hall–Kier alpha value is -0.860. The lowest BCUT2D eigenvalue weighted by molar-refractivity contribution is -0.129. The van der Waals surface area contributed by atoms with E-state index in [1.807, 2.05) is 6.92 Å². The predicted octanol–water partition coefficient (Wildman–Crippen LogP) is 1.08. The van der Waals surface area contributed by atoms with E-state index in [0.29, 0.717) is 26.2 Å². The van der Waals surface area contributed by atoms with Gasteiger partial charge in [-0.3, -0.25) is 9.79 Å². The number of rotatable bonds is 5. The number of aliphatic imine (C=N–C) groups is 1. The molecule has 114 valence electrons. The van der Waals surface area contributed by atoms with Crippen LogP contribution in [0.25, 0.3) is 0 Å². The maximum absolute atomic E-state index is 12.2. The van der Waals surface area contributed by atoms with Crippen LogP contribution in [-0.4, -0.2) is 55.9 Å². The molecule has 1 heterocycles. The van der Waals surface area contributed by atoms with Gasteiger partial charge < -0.3 is 4.90 Å². The molecule has 6 nitrogen and oxygen atoms in total. The topological polar surface area (TPSA) is 70.1 Å². The molecule has 1 aliphatic heterocycles. The van der Waals surface area contributed by atoms with Gasteiger partial charge in [-0.15, -0.1) is 12.6 Å². The highest BCUT2D eigenvalue weighted by Crippen LogP contribution is 2.18. The molecular weight excluding hydrogens is 298 g/mol. The summed E-state index contributed by atoms with van der Waals surface area (Å²) < 4.78 is 25.7. The van der Waals surface area contributed by atoms with Gasteiger partial charge in [0.05, 0.1) is 6.20 Å². The van der Waals surface area contributed by atoms with Gasteiger partial charge in [-0.25, -0.2) is 8.42 Å². The van der Waals surface area contributed by atoms with Crippen molar-refractivity contribution in [1.82, 2.24) is 9.21 Å². The molecule has 1 rings (SSSR count). The normalized spacial score (nSPS) is 18.8. The molecule has 0 spiro atoms. The number of hydrogen-bond donors (Lipinski definition) is 1. The Kier molecular flexibility index (Phi) is 6.70. The summed E-state index contributed by atoms with van der Waals surface area (Å²) in [7, 11) is -3.59. The van der Waals surface area contributed by atoms with E-state index in [2.05, 4.69) is 17.6 Å². The minimum Gasteiger partial charge on any atom is -0.340 e. The Morgan fingerprint density at radius 1 is 1.30 bits per heavy atom. The van der Waals surface area contributed by atoms with Gasteiger partial charge in [0.2, 0.25) is 5.91 Å². The lowest BCUT2D eigenvalue weighted by Crippen LogP contribution is -2.49. The molecule has 1 amide bonds. The number of carbonyl (C=O) groups excluding carboxylic acids is 1. The van der Waals surface area contributed by atoms with E-state index in [0.717, 1.165) is 12.8 Å². The standard InChI is InChI=1S/C12H21N3O3S2/c1-3-4-5-13-10-12(19)20(17,18)15-8-6-14(7-9-15)11(2)16/h5,10,19H,3-4,6-9H2,1-2H3/b12-10+,13-5?. The summed E-state index contributed by atoms with van der Waals surface area (Å²) in [6.45, 7) is 4.90. The van der Waals surface area contributed by atoms with Gasteiger partial charge in [-0.05, 0) is 6.42 Å². The van der Waals surface area contributed by atoms with Gasteiger partial charge in [0.1, 0.15) is 4.24 Å². The summed E-state index contributed by atoms with van der Waals surface area (Å²) >= 11 is 4.02. The zero-order chi connectivity index (χ0) is 15.2. The first-order valence-corrected chi connectivity index (χ1v) is 8.44. The quantitative estimate of drug-likeness (QED) is 0.609. The molecule has 20 heavy (non-hydrogen) atoms. The molecule has 0 unspecified atom stereocenters. The van der Waals surface area contributed by atoms with E-state index in [1.165, 1.54) is 17.4 Å². The van der Waals surface area contributed by atoms with Gasteiger partial charge in [0, 0.05) is 39.3 Å². The van der Waals surface area contributed by atoms with Crippen molar-refractivity contribution in [2.45, 2.75) is 26.7 Å². The highest BCUT2D eigenvalue weighted by molar-refractivity contribution is 8.09. The second kappa shape index (κ2) is 7.80. The van der Waals surface area contributed by atoms with E-state index in [9.17, 15) is 13.2 Å². The number of amides is 1. The Bertz CT molecular complexity index is 492. The minimum atomic E-state index is -3.59. The molecule has 0 N–H and O–H groups in total. The third-order valence-corrected chi connectivity index (χ3v) is 5.48. The molecular formula is C12H21N3O3S2. The summed E-state index contributed by atoms with van der Waals surface area (Å²) in [4.78, 5) is 16.8. The zero-order valence-electron chi connectivity index (χ0n) is 11.8.